The molecule has 0 atom stereocenters. The van der Waals surface area contributed by atoms with E-state index >= 15 is 0 Å². The van der Waals surface area contributed by atoms with Crippen molar-refractivity contribution in [2.75, 3.05) is 0 Å². The maximum absolute atomic E-state index is 13.9. The molecular formula is C16H8Br2F7S. The molecule has 0 N–H and O–H groups in total. The van der Waals surface area contributed by atoms with Crippen LogP contribution in [0.2, 0.25) is 0 Å². The lowest BCUT2D eigenvalue weighted by atomic mass is 10.0. The number of hydrogen-bond donors (Lipinski definition) is 0. The Hall–Kier alpha value is -0.740. The summed E-state index contributed by atoms with van der Waals surface area (Å²) in [6.45, 7) is 1.78. The minimum Gasteiger partial charge on any atom is -0.188 e. The Kier molecular flexibility index (Phi) is 6.09. The van der Waals surface area contributed by atoms with Crippen LogP contribution in [0.3, 0.4) is 0 Å². The molecule has 141 valence electrons. The van der Waals surface area contributed by atoms with Crippen LogP contribution < -0.4 is 0 Å². The van der Waals surface area contributed by atoms with Crippen molar-refractivity contribution in [3.8, 4) is 11.1 Å². The van der Waals surface area contributed by atoms with E-state index in [1.54, 1.807) is 31.2 Å². The quantitative estimate of drug-likeness (QED) is 0.289. The number of benzene rings is 2. The third-order valence-electron chi connectivity index (χ3n) is 3.25. The Bertz CT molecular complexity index is 801. The van der Waals surface area contributed by atoms with Gasteiger partial charge in [-0.25, -0.2) is 0 Å². The Morgan fingerprint density at radius 2 is 1.46 bits per heavy atom. The summed E-state index contributed by atoms with van der Waals surface area (Å²) in [6, 6.07) is 10.1. The molecule has 0 saturated carbocycles. The summed E-state index contributed by atoms with van der Waals surface area (Å²) >= 11 is 5.22. The molecule has 0 heterocycles. The topological polar surface area (TPSA) is 0 Å². The van der Waals surface area contributed by atoms with Gasteiger partial charge in [0.25, 0.3) is 0 Å². The average Bonchev–Trinajstić information content (AvgIpc) is 2.46. The molecule has 0 aliphatic heterocycles. The molecule has 0 aromatic heterocycles. The first-order chi connectivity index (χ1) is 11.8. The Labute approximate surface area is 165 Å². The minimum absolute atomic E-state index is 0.0378. The molecular weight excluding hydrogens is 517 g/mol. The summed E-state index contributed by atoms with van der Waals surface area (Å²) in [6.07, 6.45) is -6.39. The molecule has 2 rings (SSSR count). The molecule has 0 saturated heterocycles. The fourth-order valence-corrected chi connectivity index (χ4v) is 4.59. The molecule has 0 spiro atoms. The lowest BCUT2D eigenvalue weighted by Gasteiger charge is -2.28. The van der Waals surface area contributed by atoms with Crippen molar-refractivity contribution in [2.45, 2.75) is 29.2 Å². The summed E-state index contributed by atoms with van der Waals surface area (Å²) in [5, 5.41) is -5.41. The van der Waals surface area contributed by atoms with Crippen molar-refractivity contribution in [2.24, 2.45) is 0 Å². The van der Waals surface area contributed by atoms with Gasteiger partial charge >= 0.3 is 17.4 Å². The van der Waals surface area contributed by atoms with Gasteiger partial charge in [-0.3, -0.25) is 0 Å². The fraction of sp³-hybridized carbons (Fsp3) is 0.250. The zero-order valence-corrected chi connectivity index (χ0v) is 16.7. The molecule has 0 aliphatic carbocycles. The molecule has 0 unspecified atom stereocenters. The van der Waals surface area contributed by atoms with Crippen LogP contribution in [-0.4, -0.2) is 17.4 Å². The van der Waals surface area contributed by atoms with Gasteiger partial charge in [-0.05, 0) is 46.2 Å². The predicted octanol–water partition coefficient (Wildman–Crippen LogP) is 7.87. The summed E-state index contributed by atoms with van der Waals surface area (Å²) < 4.78 is 91.7. The highest BCUT2D eigenvalue weighted by Gasteiger charge is 2.73. The van der Waals surface area contributed by atoms with Crippen molar-refractivity contribution in [3.63, 3.8) is 0 Å². The molecule has 0 bridgehead atoms. The van der Waals surface area contributed by atoms with E-state index in [4.69, 9.17) is 0 Å². The highest BCUT2D eigenvalue weighted by Crippen LogP contribution is 2.55. The first-order valence-electron chi connectivity index (χ1n) is 6.76. The SMILES string of the molecule is Cc1ccc(-c2c(Br)[c]c(Br)cc2SC(F)(F)C(F)(F)C(F)(F)F)cc1. The number of aryl methyl sites for hydroxylation is 1. The van der Waals surface area contributed by atoms with Gasteiger partial charge in [0.15, 0.2) is 0 Å². The van der Waals surface area contributed by atoms with Gasteiger partial charge < -0.3 is 0 Å². The summed E-state index contributed by atoms with van der Waals surface area (Å²) in [5.41, 5.74) is 1.25. The van der Waals surface area contributed by atoms with Gasteiger partial charge in [0.1, 0.15) is 0 Å². The van der Waals surface area contributed by atoms with Gasteiger partial charge in [-0.15, -0.1) is 0 Å². The second-order valence-corrected chi connectivity index (χ2v) is 8.03. The molecule has 0 fully saturated rings. The normalized spacial score (nSPS) is 13.2. The van der Waals surface area contributed by atoms with Crippen LogP contribution in [-0.2, 0) is 0 Å². The lowest BCUT2D eigenvalue weighted by molar-refractivity contribution is -0.330. The smallest absolute Gasteiger partial charge is 0.188 e. The number of alkyl halides is 7. The van der Waals surface area contributed by atoms with Crippen molar-refractivity contribution in [1.29, 1.82) is 0 Å². The molecule has 1 radical (unpaired) electrons. The summed E-state index contributed by atoms with van der Waals surface area (Å²) in [5.74, 6) is -6.20. The summed E-state index contributed by atoms with van der Waals surface area (Å²) in [7, 11) is 0. The van der Waals surface area contributed by atoms with Gasteiger partial charge in [-0.1, -0.05) is 45.8 Å². The number of rotatable bonds is 4. The van der Waals surface area contributed by atoms with Gasteiger partial charge in [-0.2, -0.15) is 30.7 Å². The van der Waals surface area contributed by atoms with Crippen molar-refractivity contribution >= 4 is 43.6 Å². The molecule has 0 amide bonds. The number of thioether (sulfide) groups is 1. The van der Waals surface area contributed by atoms with Crippen LogP contribution in [0.25, 0.3) is 11.1 Å². The van der Waals surface area contributed by atoms with Crippen LogP contribution >= 0.6 is 43.6 Å². The third kappa shape index (κ3) is 4.22. The van der Waals surface area contributed by atoms with E-state index < -0.39 is 34.0 Å². The highest BCUT2D eigenvalue weighted by atomic mass is 79.9. The van der Waals surface area contributed by atoms with Crippen LogP contribution in [0.5, 0.6) is 0 Å². The van der Waals surface area contributed by atoms with E-state index in [1.807, 2.05) is 0 Å². The van der Waals surface area contributed by atoms with Gasteiger partial charge in [0, 0.05) is 25.5 Å². The molecule has 2 aromatic carbocycles. The van der Waals surface area contributed by atoms with E-state index in [0.29, 0.717) is 5.56 Å². The van der Waals surface area contributed by atoms with E-state index in [-0.39, 0.29) is 14.5 Å². The van der Waals surface area contributed by atoms with Crippen molar-refractivity contribution < 1.29 is 30.7 Å². The van der Waals surface area contributed by atoms with Crippen molar-refractivity contribution in [3.05, 3.63) is 50.9 Å². The van der Waals surface area contributed by atoms with E-state index in [2.05, 4.69) is 37.9 Å². The van der Waals surface area contributed by atoms with E-state index in [0.717, 1.165) is 11.6 Å². The van der Waals surface area contributed by atoms with Gasteiger partial charge in [0.2, 0.25) is 0 Å². The van der Waals surface area contributed by atoms with Crippen molar-refractivity contribution in [1.82, 2.24) is 0 Å². The van der Waals surface area contributed by atoms with Crippen LogP contribution in [0.1, 0.15) is 5.56 Å². The molecule has 0 nitrogen and oxygen atoms in total. The Balaban J connectivity index is 2.58. The molecule has 0 aliphatic rings. The maximum atomic E-state index is 13.9. The average molecular weight is 525 g/mol. The maximum Gasteiger partial charge on any atom is 0.460 e. The van der Waals surface area contributed by atoms with E-state index in [9.17, 15) is 30.7 Å². The zero-order valence-electron chi connectivity index (χ0n) is 12.7. The minimum atomic E-state index is -6.39. The monoisotopic (exact) mass is 523 g/mol. The van der Waals surface area contributed by atoms with E-state index in [1.165, 1.54) is 0 Å². The first-order valence-corrected chi connectivity index (χ1v) is 9.16. The molecule has 2 aromatic rings. The fourth-order valence-electron chi connectivity index (χ4n) is 1.94. The first kappa shape index (κ1) is 21.6. The standard InChI is InChI=1S/C16H8Br2F7S/c1-8-2-4-9(5-3-8)13-11(18)6-10(17)7-12(13)26-16(24,25)14(19,20)15(21,22)23/h2-5,7H,1H3. The third-order valence-corrected chi connectivity index (χ3v) is 5.33. The Morgan fingerprint density at radius 1 is 0.923 bits per heavy atom. The Morgan fingerprint density at radius 3 is 1.96 bits per heavy atom. The highest BCUT2D eigenvalue weighted by molar-refractivity contribution is 9.11. The lowest BCUT2D eigenvalue weighted by Crippen LogP contribution is -2.49. The van der Waals surface area contributed by atoms with Crippen LogP contribution in [0.4, 0.5) is 30.7 Å². The number of halogens is 9. The largest absolute Gasteiger partial charge is 0.460 e. The van der Waals surface area contributed by atoms with Crippen LogP contribution in [0.15, 0.2) is 44.2 Å². The molecule has 10 heteroatoms. The molecule has 26 heavy (non-hydrogen) atoms. The second kappa shape index (κ2) is 7.35. The number of hydrogen-bond acceptors (Lipinski definition) is 1. The second-order valence-electron chi connectivity index (χ2n) is 5.23. The summed E-state index contributed by atoms with van der Waals surface area (Å²) in [4.78, 5) is -0.458. The predicted molar refractivity (Wildman–Crippen MR) is 92.7 cm³/mol. The van der Waals surface area contributed by atoms with Gasteiger partial charge in [0.05, 0.1) is 0 Å². The van der Waals surface area contributed by atoms with Crippen LogP contribution in [0, 0.1) is 13.0 Å². The zero-order chi connectivity index (χ0) is 19.9.